The van der Waals surface area contributed by atoms with Crippen molar-refractivity contribution in [2.75, 3.05) is 75.8 Å². The summed E-state index contributed by atoms with van der Waals surface area (Å²) >= 11 is 0. The third kappa shape index (κ3) is 23.2. The van der Waals surface area contributed by atoms with Crippen molar-refractivity contribution in [1.82, 2.24) is 44.5 Å². The van der Waals surface area contributed by atoms with Gasteiger partial charge in [0.15, 0.2) is 0 Å². The number of fused-ring (bicyclic) bond motifs is 2. The van der Waals surface area contributed by atoms with Crippen molar-refractivity contribution < 1.29 is 58.2 Å². The number of nitrogens with zero attached hydrogens (tertiary/aromatic N) is 4. The zero-order chi connectivity index (χ0) is 61.2. The first-order valence-electron chi connectivity index (χ1n) is 27.8. The van der Waals surface area contributed by atoms with E-state index in [-0.39, 0.29) is 54.3 Å². The monoisotopic (exact) mass is 1250 g/mol. The van der Waals surface area contributed by atoms with Gasteiger partial charge in [-0.2, -0.15) is 0 Å². The van der Waals surface area contributed by atoms with Crippen LogP contribution in [0.3, 0.4) is 0 Å². The lowest BCUT2D eigenvalue weighted by Crippen LogP contribution is -2.52. The summed E-state index contributed by atoms with van der Waals surface area (Å²) in [4.78, 5) is 40.4. The lowest BCUT2D eigenvalue weighted by atomic mass is 10.0. The van der Waals surface area contributed by atoms with Gasteiger partial charge in [-0.25, -0.2) is 54.0 Å². The van der Waals surface area contributed by atoms with Gasteiger partial charge in [0.05, 0.1) is 30.0 Å². The highest BCUT2D eigenvalue weighted by Gasteiger charge is 2.51. The number of benzene rings is 2. The van der Waals surface area contributed by atoms with Crippen LogP contribution in [0.15, 0.2) is 110 Å². The highest BCUT2D eigenvalue weighted by molar-refractivity contribution is 7.89. The van der Waals surface area contributed by atoms with Crippen molar-refractivity contribution in [3.8, 4) is 23.7 Å². The second-order valence-corrected chi connectivity index (χ2v) is 30.3. The van der Waals surface area contributed by atoms with Gasteiger partial charge in [0.2, 0.25) is 20.0 Å². The van der Waals surface area contributed by atoms with Crippen LogP contribution >= 0.6 is 22.8 Å². The lowest BCUT2D eigenvalue weighted by Gasteiger charge is -2.37. The number of carboxylic acids is 1. The number of aromatic amines is 2. The van der Waals surface area contributed by atoms with Gasteiger partial charge in [-0.1, -0.05) is 89.8 Å². The number of H-pyrrole nitrogens is 2. The van der Waals surface area contributed by atoms with E-state index in [1.807, 2.05) is 72.7 Å². The van der Waals surface area contributed by atoms with E-state index in [9.17, 15) is 40.1 Å². The maximum absolute atomic E-state index is 12.4. The fourth-order valence-electron chi connectivity index (χ4n) is 8.49. The standard InChI is InChI=1S/C21H20N4O3S.C12H16N4O2S.C9H21O6P3.C9H6O2.C6H15N/c26-20(7-6-16-4-2-1-3-5-16)25-13-17(14-25)15-29(27,28)24-12-18-8-10-22-21-19(18)9-11-23-21;17-19(18,8-9-5-13-6-9)16-7-10-1-3-14-12-11(10)2-4-15-12;1-4-7-16(10)13-17(11,8-5-2)15-18(12,14-16)9-6-3;10-9(11)7-6-8-4-2-1-3-5-8;1-4-7(5-2)6-3/h1-5,8-11,17,24H,12-15H2,(H,22,23);1-4,9,13,16H,5-8H2,(H,14,15);4-9H2,1-3H3;1-5H,(H,10,11);4-6H2,1-3H3. The van der Waals surface area contributed by atoms with Gasteiger partial charge in [-0.05, 0) is 104 Å². The Morgan fingerprint density at radius 3 is 1.38 bits per heavy atom. The molecule has 2 aromatic carbocycles. The summed E-state index contributed by atoms with van der Waals surface area (Å²) < 4.78 is 106. The Morgan fingerprint density at radius 1 is 0.619 bits per heavy atom. The molecule has 6 aromatic rings. The first-order valence-corrected chi connectivity index (χ1v) is 36.3. The third-order valence-electron chi connectivity index (χ3n) is 12.8. The molecule has 0 spiro atoms. The van der Waals surface area contributed by atoms with Crippen LogP contribution in [0.1, 0.15) is 83.1 Å². The van der Waals surface area contributed by atoms with E-state index in [2.05, 4.69) is 78.1 Å². The number of rotatable bonds is 19. The zero-order valence-electron chi connectivity index (χ0n) is 48.4. The van der Waals surface area contributed by atoms with E-state index in [1.165, 1.54) is 19.6 Å². The average molecular weight is 1250 g/mol. The summed E-state index contributed by atoms with van der Waals surface area (Å²) in [5.74, 6) is 8.92. The minimum atomic E-state index is -3.57. The Labute approximate surface area is 494 Å². The van der Waals surface area contributed by atoms with Crippen LogP contribution in [0.2, 0.25) is 0 Å². The summed E-state index contributed by atoms with van der Waals surface area (Å²) in [7, 11) is -17.4. The highest BCUT2D eigenvalue weighted by Crippen LogP contribution is 2.82. The van der Waals surface area contributed by atoms with Crippen molar-refractivity contribution >= 4 is 76.8 Å². The van der Waals surface area contributed by atoms with Gasteiger partial charge in [0.25, 0.3) is 5.91 Å². The quantitative estimate of drug-likeness (QED) is 0.0325. The number of likely N-dealkylation sites (tertiary alicyclic amines) is 1. The molecule has 0 saturated carbocycles. The number of aromatic nitrogens is 4. The van der Waals surface area contributed by atoms with Crippen LogP contribution in [-0.2, 0) is 69.4 Å². The van der Waals surface area contributed by atoms with Crippen molar-refractivity contribution in [2.45, 2.75) is 73.9 Å². The number of carbonyl (C=O) groups is 2. The fourth-order valence-corrected chi connectivity index (χ4v) is 20.5. The van der Waals surface area contributed by atoms with Gasteiger partial charge in [0.1, 0.15) is 11.3 Å². The first kappa shape index (κ1) is 69.0. The summed E-state index contributed by atoms with van der Waals surface area (Å²) in [5, 5.41) is 13.1. The predicted octanol–water partition coefficient (Wildman–Crippen LogP) is 9.02. The molecule has 22 nitrogen and oxygen atoms in total. The Balaban J connectivity index is 0.000000206. The van der Waals surface area contributed by atoms with Gasteiger partial charge < -0.3 is 30.2 Å². The minimum Gasteiger partial charge on any atom is -0.472 e. The fraction of sp³-hybridized carbons (Fsp3) is 0.439. The smallest absolute Gasteiger partial charge is 0.382 e. The second kappa shape index (κ2) is 33.8. The largest absolute Gasteiger partial charge is 0.472 e. The normalized spacial score (nSPS) is 19.3. The van der Waals surface area contributed by atoms with Crippen LogP contribution in [0.25, 0.3) is 22.1 Å². The first-order chi connectivity index (χ1) is 40.1. The number of nitrogens with one attached hydrogen (secondary N) is 5. The molecular formula is C57H78N9O13P3S2. The molecule has 9 rings (SSSR count). The molecule has 6 N–H and O–H groups in total. The number of aliphatic carboxylic acids is 1. The minimum absolute atomic E-state index is 0.00967. The third-order valence-corrected chi connectivity index (χ3v) is 24.8. The van der Waals surface area contributed by atoms with Crippen molar-refractivity contribution in [3.05, 3.63) is 132 Å². The number of pyridine rings is 2. The predicted molar refractivity (Wildman–Crippen MR) is 329 cm³/mol. The van der Waals surface area contributed by atoms with E-state index in [4.69, 9.17) is 18.0 Å². The maximum atomic E-state index is 12.4. The number of amides is 1. The maximum Gasteiger partial charge on any atom is 0.382 e. The number of sulfonamides is 2. The molecule has 84 heavy (non-hydrogen) atoms. The number of carboxylic acid groups (broad SMARTS) is 1. The van der Waals surface area contributed by atoms with Crippen LogP contribution in [0, 0.1) is 35.5 Å². The Hall–Kier alpha value is -5.81. The Kier molecular flexibility index (Phi) is 27.7. The average Bonchev–Trinajstić information content (AvgIpc) is 2.09. The van der Waals surface area contributed by atoms with Crippen molar-refractivity contribution in [1.29, 1.82) is 0 Å². The van der Waals surface area contributed by atoms with Crippen LogP contribution < -0.4 is 14.8 Å². The topological polar surface area (TPSA) is 301 Å². The van der Waals surface area contributed by atoms with Gasteiger partial charge >= 0.3 is 28.8 Å². The van der Waals surface area contributed by atoms with E-state index < -0.39 is 48.8 Å². The van der Waals surface area contributed by atoms with Gasteiger partial charge in [0, 0.05) is 104 Å². The van der Waals surface area contributed by atoms with E-state index in [1.54, 1.807) is 68.7 Å². The molecule has 3 aliphatic heterocycles. The summed E-state index contributed by atoms with van der Waals surface area (Å²) in [6, 6.07) is 25.7. The highest BCUT2D eigenvalue weighted by atomic mass is 32.2. The molecule has 1 amide bonds. The summed E-state index contributed by atoms with van der Waals surface area (Å²) in [6.07, 6.45) is 8.84. The Morgan fingerprint density at radius 2 is 1.02 bits per heavy atom. The van der Waals surface area contributed by atoms with Gasteiger partial charge in [-0.3, -0.25) is 18.5 Å². The van der Waals surface area contributed by atoms with Crippen LogP contribution in [0.4, 0.5) is 0 Å². The zero-order valence-corrected chi connectivity index (χ0v) is 52.7. The number of hydrogen-bond acceptors (Lipinski definition) is 16. The molecular weight excluding hydrogens is 1180 g/mol. The molecule has 7 heterocycles. The van der Waals surface area contributed by atoms with Crippen molar-refractivity contribution in [3.63, 3.8) is 0 Å². The molecule has 0 bridgehead atoms. The second-order valence-electron chi connectivity index (χ2n) is 19.6. The van der Waals surface area contributed by atoms with Crippen LogP contribution in [0.5, 0.6) is 0 Å². The molecule has 3 saturated heterocycles. The summed E-state index contributed by atoms with van der Waals surface area (Å²) in [5.41, 5.74) is 4.79. The molecule has 0 unspecified atom stereocenters. The molecule has 3 aliphatic rings. The molecule has 0 radical (unpaired) electrons. The van der Waals surface area contributed by atoms with Crippen LogP contribution in [-0.4, -0.2) is 139 Å². The van der Waals surface area contributed by atoms with Crippen molar-refractivity contribution in [2.24, 2.45) is 11.8 Å². The molecule has 0 atom stereocenters. The molecule has 4 aromatic heterocycles. The van der Waals surface area contributed by atoms with E-state index >= 15 is 0 Å². The lowest BCUT2D eigenvalue weighted by molar-refractivity contribution is -0.131. The number of hydrogen-bond donors (Lipinski definition) is 6. The Bertz CT molecular complexity index is 3490. The van der Waals surface area contributed by atoms with Gasteiger partial charge in [-0.15, -0.1) is 0 Å². The number of carbonyl (C=O) groups excluding carboxylic acids is 1. The summed E-state index contributed by atoms with van der Waals surface area (Å²) in [6.45, 7) is 18.4. The SMILES string of the molecule is CCCP1(=O)OP(=O)(CCC)OP(=O)(CCC)O1.CCN(CC)CC.O=C(C#Cc1ccccc1)N1CC(CS(=O)(=O)NCc2ccnc3[nH]ccc23)C1.O=C(O)C#Cc1ccccc1.O=S(=O)(CC1CNC1)NCc1ccnc2[nH]ccc12. The molecule has 0 aliphatic carbocycles. The molecule has 27 heteroatoms. The molecule has 3 fully saturated rings. The van der Waals surface area contributed by atoms with E-state index in [0.29, 0.717) is 38.9 Å². The molecule has 456 valence electrons. The van der Waals surface area contributed by atoms with E-state index in [0.717, 1.165) is 57.4 Å².